The number of halogens is 2. The summed E-state index contributed by atoms with van der Waals surface area (Å²) in [7, 11) is 0. The van der Waals surface area contributed by atoms with E-state index in [1.165, 1.54) is 16.8 Å². The molecule has 0 bridgehead atoms. The second-order valence-corrected chi connectivity index (χ2v) is 8.96. The summed E-state index contributed by atoms with van der Waals surface area (Å²) in [6.07, 6.45) is 5.49. The van der Waals surface area contributed by atoms with Gasteiger partial charge in [0.1, 0.15) is 10.8 Å². The Hall–Kier alpha value is -1.96. The van der Waals surface area contributed by atoms with Gasteiger partial charge in [0.25, 0.3) is 5.56 Å². The van der Waals surface area contributed by atoms with E-state index in [-0.39, 0.29) is 28.5 Å². The molecular weight excluding hydrogens is 419 g/mol. The molecule has 1 N–H and O–H groups in total. The molecule has 0 radical (unpaired) electrons. The Balaban J connectivity index is 1.36. The van der Waals surface area contributed by atoms with Gasteiger partial charge in [0, 0.05) is 32.3 Å². The van der Waals surface area contributed by atoms with Crippen molar-refractivity contribution in [2.24, 2.45) is 5.92 Å². The van der Waals surface area contributed by atoms with E-state index in [0.29, 0.717) is 11.6 Å². The van der Waals surface area contributed by atoms with Crippen molar-refractivity contribution in [3.63, 3.8) is 0 Å². The highest BCUT2D eigenvalue weighted by atomic mass is 35.5. The third-order valence-corrected chi connectivity index (χ3v) is 6.89. The first-order valence-electron chi connectivity index (χ1n) is 11.1. The predicted molar refractivity (Wildman–Crippen MR) is 120 cm³/mol. The summed E-state index contributed by atoms with van der Waals surface area (Å²) in [5.41, 5.74) is 1.45. The average molecular weight is 449 g/mol. The van der Waals surface area contributed by atoms with E-state index in [2.05, 4.69) is 22.2 Å². The second kappa shape index (κ2) is 10.1. The number of piperidine rings is 1. The number of nitrogens with one attached hydrogen (secondary N) is 1. The Morgan fingerprint density at radius 3 is 2.68 bits per heavy atom. The van der Waals surface area contributed by atoms with Crippen LogP contribution in [0.2, 0.25) is 5.02 Å². The van der Waals surface area contributed by atoms with Crippen LogP contribution < -0.4 is 10.9 Å². The molecule has 168 valence electrons. The van der Waals surface area contributed by atoms with Crippen molar-refractivity contribution in [3.05, 3.63) is 57.2 Å². The van der Waals surface area contributed by atoms with Crippen molar-refractivity contribution in [1.82, 2.24) is 14.7 Å². The molecule has 1 aromatic carbocycles. The Labute approximate surface area is 187 Å². The summed E-state index contributed by atoms with van der Waals surface area (Å²) in [4.78, 5) is 15.2. The number of hydrogen-bond acceptors (Lipinski definition) is 5. The first-order valence-corrected chi connectivity index (χ1v) is 11.5. The highest BCUT2D eigenvalue weighted by Gasteiger charge is 2.26. The molecule has 3 heterocycles. The molecule has 6 nitrogen and oxygen atoms in total. The van der Waals surface area contributed by atoms with Crippen molar-refractivity contribution < 1.29 is 9.13 Å². The van der Waals surface area contributed by atoms with Gasteiger partial charge in [-0.05, 0) is 56.2 Å². The fourth-order valence-electron chi connectivity index (χ4n) is 4.52. The Morgan fingerprint density at radius 2 is 2.00 bits per heavy atom. The summed E-state index contributed by atoms with van der Waals surface area (Å²) in [5, 5.41) is 7.91. The van der Waals surface area contributed by atoms with Crippen molar-refractivity contribution in [2.45, 2.75) is 44.7 Å². The monoisotopic (exact) mass is 448 g/mol. The number of anilines is 1. The van der Waals surface area contributed by atoms with Crippen LogP contribution in [0.1, 0.15) is 50.3 Å². The molecular formula is C23H30ClFN4O2. The molecule has 0 saturated carbocycles. The molecule has 1 aromatic heterocycles. The minimum atomic E-state index is -0.239. The lowest BCUT2D eigenvalue weighted by Crippen LogP contribution is -2.39. The molecule has 2 atom stereocenters. The van der Waals surface area contributed by atoms with Gasteiger partial charge in [-0.25, -0.2) is 9.07 Å². The van der Waals surface area contributed by atoms with Crippen LogP contribution in [0, 0.1) is 11.7 Å². The van der Waals surface area contributed by atoms with Crippen LogP contribution in [0.25, 0.3) is 0 Å². The van der Waals surface area contributed by atoms with E-state index in [1.807, 2.05) is 12.1 Å². The van der Waals surface area contributed by atoms with Crippen molar-refractivity contribution in [2.75, 3.05) is 38.2 Å². The Kier molecular flexibility index (Phi) is 7.25. The topological polar surface area (TPSA) is 59.4 Å². The molecule has 0 spiro atoms. The lowest BCUT2D eigenvalue weighted by atomic mass is 10.00. The molecule has 0 amide bonds. The second-order valence-electron chi connectivity index (χ2n) is 8.58. The van der Waals surface area contributed by atoms with Crippen LogP contribution in [0.3, 0.4) is 0 Å². The average Bonchev–Trinajstić information content (AvgIpc) is 2.81. The largest absolute Gasteiger partial charge is 0.382 e. The lowest BCUT2D eigenvalue weighted by Gasteiger charge is -2.36. The Morgan fingerprint density at radius 1 is 1.26 bits per heavy atom. The zero-order valence-corrected chi connectivity index (χ0v) is 18.7. The maximum atomic E-state index is 13.2. The minimum absolute atomic E-state index is 0.0301. The summed E-state index contributed by atoms with van der Waals surface area (Å²) in [6, 6.07) is 6.90. The van der Waals surface area contributed by atoms with E-state index >= 15 is 0 Å². The number of benzene rings is 1. The maximum Gasteiger partial charge on any atom is 0.287 e. The van der Waals surface area contributed by atoms with Crippen LogP contribution in [-0.4, -0.2) is 47.5 Å². The fourth-order valence-corrected chi connectivity index (χ4v) is 4.72. The number of rotatable bonds is 6. The van der Waals surface area contributed by atoms with E-state index in [1.54, 1.807) is 6.20 Å². The molecule has 31 heavy (non-hydrogen) atoms. The number of aromatic nitrogens is 2. The van der Waals surface area contributed by atoms with E-state index < -0.39 is 0 Å². The van der Waals surface area contributed by atoms with Gasteiger partial charge >= 0.3 is 0 Å². The zero-order chi connectivity index (χ0) is 21.8. The van der Waals surface area contributed by atoms with Crippen LogP contribution >= 0.6 is 11.6 Å². The number of ether oxygens (including phenoxy) is 1. The third kappa shape index (κ3) is 5.27. The molecule has 2 aliphatic rings. The highest BCUT2D eigenvalue weighted by Crippen LogP contribution is 2.29. The van der Waals surface area contributed by atoms with Gasteiger partial charge in [-0.3, -0.25) is 9.69 Å². The van der Waals surface area contributed by atoms with E-state index in [9.17, 15) is 9.18 Å². The standard InChI is InChI=1S/C23H30ClFN4O2/c1-16(18-4-6-19(25)7-5-18)28-10-8-20(9-11-28)29-23(30)22(24)21(14-27-29)26-13-17-3-2-12-31-15-17/h4-7,14,16-17,20,26H,2-3,8-13,15H2,1H3/t16-,17?/m1/s1. The first-order chi connectivity index (χ1) is 15.0. The molecule has 4 rings (SSSR count). The number of hydrogen-bond donors (Lipinski definition) is 1. The zero-order valence-electron chi connectivity index (χ0n) is 17.9. The first kappa shape index (κ1) is 22.2. The van der Waals surface area contributed by atoms with Gasteiger partial charge in [0.05, 0.1) is 24.5 Å². The smallest absolute Gasteiger partial charge is 0.287 e. The van der Waals surface area contributed by atoms with Gasteiger partial charge in [0.2, 0.25) is 0 Å². The van der Waals surface area contributed by atoms with Crippen molar-refractivity contribution in [1.29, 1.82) is 0 Å². The summed E-state index contributed by atoms with van der Waals surface area (Å²) in [5.74, 6) is 0.210. The van der Waals surface area contributed by atoms with Gasteiger partial charge in [-0.2, -0.15) is 5.10 Å². The molecule has 2 aliphatic heterocycles. The van der Waals surface area contributed by atoms with Gasteiger partial charge in [0.15, 0.2) is 0 Å². The molecule has 2 saturated heterocycles. The molecule has 0 aliphatic carbocycles. The van der Waals surface area contributed by atoms with Crippen LogP contribution in [0.5, 0.6) is 0 Å². The van der Waals surface area contributed by atoms with E-state index in [0.717, 1.165) is 64.1 Å². The minimum Gasteiger partial charge on any atom is -0.382 e. The highest BCUT2D eigenvalue weighted by molar-refractivity contribution is 6.32. The van der Waals surface area contributed by atoms with E-state index in [4.69, 9.17) is 16.3 Å². The summed E-state index contributed by atoms with van der Waals surface area (Å²) >= 11 is 6.40. The summed E-state index contributed by atoms with van der Waals surface area (Å²) in [6.45, 7) is 6.12. The quantitative estimate of drug-likeness (QED) is 0.715. The molecule has 1 unspecified atom stereocenters. The Bertz CT molecular complexity index is 922. The molecule has 8 heteroatoms. The predicted octanol–water partition coefficient (Wildman–Crippen LogP) is 4.27. The normalized spacial score (nSPS) is 21.7. The molecule has 2 aromatic rings. The molecule has 2 fully saturated rings. The van der Waals surface area contributed by atoms with Gasteiger partial charge in [-0.15, -0.1) is 0 Å². The van der Waals surface area contributed by atoms with Gasteiger partial charge < -0.3 is 10.1 Å². The van der Waals surface area contributed by atoms with Crippen molar-refractivity contribution >= 4 is 17.3 Å². The fraction of sp³-hybridized carbons (Fsp3) is 0.565. The van der Waals surface area contributed by atoms with Crippen LogP contribution in [0.4, 0.5) is 10.1 Å². The maximum absolute atomic E-state index is 13.2. The lowest BCUT2D eigenvalue weighted by molar-refractivity contribution is 0.0595. The number of nitrogens with zero attached hydrogens (tertiary/aromatic N) is 3. The summed E-state index contributed by atoms with van der Waals surface area (Å²) < 4.78 is 20.2. The van der Waals surface area contributed by atoms with Gasteiger partial charge in [-0.1, -0.05) is 23.7 Å². The third-order valence-electron chi connectivity index (χ3n) is 6.52. The van der Waals surface area contributed by atoms with Crippen LogP contribution in [-0.2, 0) is 4.74 Å². The van der Waals surface area contributed by atoms with Crippen molar-refractivity contribution in [3.8, 4) is 0 Å². The van der Waals surface area contributed by atoms with Crippen LogP contribution in [0.15, 0.2) is 35.3 Å². The number of likely N-dealkylation sites (tertiary alicyclic amines) is 1. The SMILES string of the molecule is C[C@H](c1ccc(F)cc1)N1CCC(n2ncc(NCC3CCCOC3)c(Cl)c2=O)CC1.